The van der Waals surface area contributed by atoms with Crippen molar-refractivity contribution in [2.75, 3.05) is 39.6 Å². The fourth-order valence-electron chi connectivity index (χ4n) is 5.21. The number of carbonyl (C=O) groups is 3. The van der Waals surface area contributed by atoms with Crippen LogP contribution in [-0.4, -0.2) is 100 Å². The zero-order valence-electron chi connectivity index (χ0n) is 23.5. The van der Waals surface area contributed by atoms with Crippen molar-refractivity contribution < 1.29 is 65.1 Å². The van der Waals surface area contributed by atoms with Crippen LogP contribution in [0.2, 0.25) is 0 Å². The Morgan fingerprint density at radius 3 is 2.22 bits per heavy atom. The van der Waals surface area contributed by atoms with Gasteiger partial charge in [0.05, 0.1) is 6.61 Å². The number of alkyl halides is 6. The first-order valence-electron chi connectivity index (χ1n) is 13.6. The number of ether oxygens (including phenoxy) is 3. The topological polar surface area (TPSA) is 139 Å². The zero-order valence-corrected chi connectivity index (χ0v) is 23.5. The van der Waals surface area contributed by atoms with E-state index in [-0.39, 0.29) is 18.6 Å². The molecule has 11 nitrogen and oxygen atoms in total. The number of halogens is 6. The van der Waals surface area contributed by atoms with E-state index in [4.69, 9.17) is 34.0 Å². The molecule has 1 aromatic heterocycles. The number of hydrogen-bond acceptors (Lipinski definition) is 8. The molecule has 246 valence electrons. The van der Waals surface area contributed by atoms with E-state index in [0.29, 0.717) is 25.6 Å². The fraction of sp³-hybridized carbons (Fsp3) is 0.500. The van der Waals surface area contributed by atoms with Crippen LogP contribution in [0.1, 0.15) is 29.9 Å². The maximum absolute atomic E-state index is 13.8. The summed E-state index contributed by atoms with van der Waals surface area (Å²) in [6.07, 6.45) is -4.04. The van der Waals surface area contributed by atoms with Gasteiger partial charge >= 0.3 is 24.3 Å². The lowest BCUT2D eigenvalue weighted by atomic mass is 9.83. The van der Waals surface area contributed by atoms with Gasteiger partial charge in [-0.25, -0.2) is 9.59 Å². The van der Waals surface area contributed by atoms with Crippen molar-refractivity contribution in [3.8, 4) is 11.5 Å². The second kappa shape index (κ2) is 13.5. The molecule has 2 N–H and O–H groups in total. The number of nitrogens with zero attached hydrogens (tertiary/aromatic N) is 3. The number of amides is 1. The molecule has 4 aliphatic rings. The van der Waals surface area contributed by atoms with E-state index < -0.39 is 29.9 Å². The summed E-state index contributed by atoms with van der Waals surface area (Å²) in [6.45, 7) is 4.49. The molecule has 2 aromatic rings. The van der Waals surface area contributed by atoms with Gasteiger partial charge in [-0.15, -0.1) is 0 Å². The molecule has 3 aliphatic heterocycles. The normalized spacial score (nSPS) is 22.8. The third-order valence-electron chi connectivity index (χ3n) is 7.42. The summed E-state index contributed by atoms with van der Waals surface area (Å²) < 4.78 is 80.8. The molecule has 1 saturated carbocycles. The largest absolute Gasteiger partial charge is 0.490 e. The van der Waals surface area contributed by atoms with E-state index in [2.05, 4.69) is 26.9 Å². The molecular weight excluding hydrogens is 620 g/mol. The van der Waals surface area contributed by atoms with E-state index in [1.165, 1.54) is 12.8 Å². The minimum atomic E-state index is -5.08. The number of fused-ring (bicyclic) bond motifs is 1. The van der Waals surface area contributed by atoms with E-state index >= 15 is 0 Å². The standard InChI is InChI=1S/C24H27N3O4.2C2HF3O2/c28-23-24(31-9-8-27(23)13-17-3-4-17)15-26(14-20(24)19-2-1-7-25-11-19)12-18-5-6-21-22(10-18)30-16-29-21;2*3-2(4,5)1(6)7/h1-2,5-7,10-11,17,20H,3-4,8-9,12-16H2;2*(H,6,7). The number of carbonyl (C=O) groups excluding carboxylic acids is 1. The number of aliphatic carboxylic acids is 2. The van der Waals surface area contributed by atoms with Crippen LogP contribution in [-0.2, 0) is 25.7 Å². The molecule has 17 heteroatoms. The Kier molecular flexibility index (Phi) is 10.1. The number of benzene rings is 1. The molecule has 1 amide bonds. The van der Waals surface area contributed by atoms with Gasteiger partial charge in [0.15, 0.2) is 17.1 Å². The lowest BCUT2D eigenvalue weighted by Gasteiger charge is -2.42. The Labute approximate surface area is 252 Å². The number of carboxylic acid groups (broad SMARTS) is 2. The maximum atomic E-state index is 13.8. The average molecular weight is 650 g/mol. The third-order valence-corrected chi connectivity index (χ3v) is 7.42. The first kappa shape index (κ1) is 33.8. The fourth-order valence-corrected chi connectivity index (χ4v) is 5.21. The average Bonchev–Trinajstić information content (AvgIpc) is 3.54. The Bertz CT molecular complexity index is 1350. The van der Waals surface area contributed by atoms with Gasteiger partial charge in [-0.05, 0) is 48.1 Å². The van der Waals surface area contributed by atoms with Gasteiger partial charge in [0, 0.05) is 51.0 Å². The number of morpholine rings is 1. The molecule has 0 radical (unpaired) electrons. The van der Waals surface area contributed by atoms with Gasteiger partial charge in [0.25, 0.3) is 5.91 Å². The number of rotatable bonds is 5. The second-order valence-corrected chi connectivity index (χ2v) is 10.7. The summed E-state index contributed by atoms with van der Waals surface area (Å²) in [7, 11) is 0. The van der Waals surface area contributed by atoms with Crippen molar-refractivity contribution in [2.45, 2.75) is 43.3 Å². The van der Waals surface area contributed by atoms with Crippen LogP contribution in [0.15, 0.2) is 42.7 Å². The molecule has 0 bridgehead atoms. The number of pyridine rings is 1. The van der Waals surface area contributed by atoms with Gasteiger partial charge < -0.3 is 29.3 Å². The third kappa shape index (κ3) is 8.54. The van der Waals surface area contributed by atoms with E-state index in [9.17, 15) is 31.1 Å². The Morgan fingerprint density at radius 1 is 1.00 bits per heavy atom. The van der Waals surface area contributed by atoms with Crippen LogP contribution >= 0.6 is 0 Å². The first-order valence-corrected chi connectivity index (χ1v) is 13.6. The maximum Gasteiger partial charge on any atom is 0.490 e. The lowest BCUT2D eigenvalue weighted by Crippen LogP contribution is -2.60. The minimum Gasteiger partial charge on any atom is -0.475 e. The summed E-state index contributed by atoms with van der Waals surface area (Å²) in [4.78, 5) is 40.3. The molecule has 3 fully saturated rings. The summed E-state index contributed by atoms with van der Waals surface area (Å²) >= 11 is 0. The minimum absolute atomic E-state index is 0.0373. The van der Waals surface area contributed by atoms with E-state index in [0.717, 1.165) is 42.3 Å². The molecule has 6 rings (SSSR count). The smallest absolute Gasteiger partial charge is 0.475 e. The zero-order chi connectivity index (χ0) is 33.0. The molecule has 1 aliphatic carbocycles. The molecule has 2 atom stereocenters. The Morgan fingerprint density at radius 2 is 1.64 bits per heavy atom. The summed E-state index contributed by atoms with van der Waals surface area (Å²) in [5, 5.41) is 14.2. The van der Waals surface area contributed by atoms with Crippen LogP contribution in [0.3, 0.4) is 0 Å². The number of likely N-dealkylation sites (tertiary alicyclic amines) is 1. The predicted molar refractivity (Wildman–Crippen MR) is 140 cm³/mol. The van der Waals surface area contributed by atoms with Gasteiger partial charge in [0.2, 0.25) is 6.79 Å². The van der Waals surface area contributed by atoms with Crippen molar-refractivity contribution in [1.29, 1.82) is 0 Å². The van der Waals surface area contributed by atoms with Crippen molar-refractivity contribution in [1.82, 2.24) is 14.8 Å². The predicted octanol–water partition coefficient (Wildman–Crippen LogP) is 3.68. The number of hydrogen-bond donors (Lipinski definition) is 2. The molecular formula is C28H29F6N3O8. The van der Waals surface area contributed by atoms with Gasteiger partial charge in [-0.2, -0.15) is 26.3 Å². The van der Waals surface area contributed by atoms with Gasteiger partial charge in [-0.1, -0.05) is 12.1 Å². The second-order valence-electron chi connectivity index (χ2n) is 10.7. The van der Waals surface area contributed by atoms with Crippen LogP contribution in [0.5, 0.6) is 11.5 Å². The van der Waals surface area contributed by atoms with E-state index in [1.807, 2.05) is 24.4 Å². The SMILES string of the molecule is O=C(O)C(F)(F)F.O=C(O)C(F)(F)F.O=C1N(CC2CC2)CCOC12CN(Cc1ccc3c(c1)OCO3)CC2c1cccnc1. The summed E-state index contributed by atoms with van der Waals surface area (Å²) in [5.41, 5.74) is 1.37. The van der Waals surface area contributed by atoms with Crippen molar-refractivity contribution >= 4 is 17.8 Å². The molecule has 2 unspecified atom stereocenters. The monoisotopic (exact) mass is 649 g/mol. The van der Waals surface area contributed by atoms with Crippen LogP contribution in [0, 0.1) is 5.92 Å². The molecule has 4 heterocycles. The number of aromatic nitrogens is 1. The van der Waals surface area contributed by atoms with Crippen LogP contribution in [0.4, 0.5) is 26.3 Å². The quantitative estimate of drug-likeness (QED) is 0.462. The Hall–Kier alpha value is -4.12. The highest BCUT2D eigenvalue weighted by Gasteiger charge is 2.57. The highest BCUT2D eigenvalue weighted by Crippen LogP contribution is 2.43. The lowest BCUT2D eigenvalue weighted by molar-refractivity contribution is -0.193. The highest BCUT2D eigenvalue weighted by atomic mass is 19.4. The summed E-state index contributed by atoms with van der Waals surface area (Å²) in [5.74, 6) is -3.16. The highest BCUT2D eigenvalue weighted by molar-refractivity contribution is 5.88. The molecule has 1 aromatic carbocycles. The first-order chi connectivity index (χ1) is 21.1. The van der Waals surface area contributed by atoms with Crippen molar-refractivity contribution in [3.63, 3.8) is 0 Å². The number of carboxylic acids is 2. The molecule has 1 spiro atoms. The Balaban J connectivity index is 0.000000277. The van der Waals surface area contributed by atoms with Crippen molar-refractivity contribution in [3.05, 3.63) is 53.9 Å². The van der Waals surface area contributed by atoms with Crippen LogP contribution < -0.4 is 9.47 Å². The van der Waals surface area contributed by atoms with E-state index in [1.54, 1.807) is 6.20 Å². The summed E-state index contributed by atoms with van der Waals surface area (Å²) in [6, 6.07) is 10.1. The van der Waals surface area contributed by atoms with Gasteiger partial charge in [-0.3, -0.25) is 14.7 Å². The van der Waals surface area contributed by atoms with Crippen LogP contribution in [0.25, 0.3) is 0 Å². The molecule has 45 heavy (non-hydrogen) atoms. The molecule has 2 saturated heterocycles. The van der Waals surface area contributed by atoms with Crippen molar-refractivity contribution in [2.24, 2.45) is 5.92 Å². The van der Waals surface area contributed by atoms with Gasteiger partial charge in [0.1, 0.15) is 0 Å².